The fourth-order valence-electron chi connectivity index (χ4n) is 2.91. The van der Waals surface area contributed by atoms with Gasteiger partial charge in [0.25, 0.3) is 5.91 Å². The zero-order valence-electron chi connectivity index (χ0n) is 25.1. The number of carbonyl (C=O) groups is 3. The molecule has 48 heavy (non-hydrogen) atoms. The number of amides is 1. The molecule has 12 N–H and O–H groups in total. The molecule has 0 fully saturated rings. The minimum Gasteiger partial charge on any atom is -0.491 e. The van der Waals surface area contributed by atoms with Gasteiger partial charge in [-0.3, -0.25) is 14.8 Å². The Kier molecular flexibility index (Phi) is 23.2. The van der Waals surface area contributed by atoms with Gasteiger partial charge in [-0.05, 0) is 75.2 Å². The van der Waals surface area contributed by atoms with Crippen LogP contribution < -0.4 is 33.0 Å². The van der Waals surface area contributed by atoms with Crippen LogP contribution >= 0.6 is 31.9 Å². The lowest BCUT2D eigenvalue weighted by molar-refractivity contribution is -0.193. The lowest BCUT2D eigenvalue weighted by Crippen LogP contribution is -2.33. The van der Waals surface area contributed by atoms with E-state index in [0.717, 1.165) is 53.0 Å². The van der Waals surface area contributed by atoms with Crippen molar-refractivity contribution in [3.05, 3.63) is 26.6 Å². The number of oxime groups is 1. The molecule has 0 aliphatic rings. The number of carboxylic acid groups (broad SMARTS) is 2. The molecule has 0 heterocycles. The summed E-state index contributed by atoms with van der Waals surface area (Å²) in [5.74, 6) is -5.09. The minimum absolute atomic E-state index is 0.0277. The number of aliphatic carboxylic acids is 2. The van der Waals surface area contributed by atoms with Crippen LogP contribution in [-0.2, 0) is 20.8 Å². The molecule has 1 aromatic carbocycles. The predicted octanol–water partition coefficient (Wildman–Crippen LogP) is 3.23. The molecule has 0 spiro atoms. The number of hydrogen-bond acceptors (Lipinski definition) is 8. The second kappa shape index (κ2) is 24.2. The van der Waals surface area contributed by atoms with E-state index in [1.807, 2.05) is 12.1 Å². The molecular formula is C25H36Br2F6N8O7. The summed E-state index contributed by atoms with van der Waals surface area (Å²) in [5, 5.41) is 29.6. The summed E-state index contributed by atoms with van der Waals surface area (Å²) in [6, 6.07) is 3.66. The van der Waals surface area contributed by atoms with Crippen LogP contribution in [0, 0.1) is 0 Å². The van der Waals surface area contributed by atoms with Gasteiger partial charge in [0.05, 0.1) is 15.6 Å². The van der Waals surface area contributed by atoms with Crippen molar-refractivity contribution < 1.29 is 60.9 Å². The number of aliphatic imine (C=N–C) groups is 2. The topological polar surface area (TPSA) is 274 Å². The van der Waals surface area contributed by atoms with E-state index >= 15 is 0 Å². The first kappa shape index (κ1) is 46.1. The van der Waals surface area contributed by atoms with Crippen LogP contribution in [0.5, 0.6) is 5.75 Å². The number of unbranched alkanes of at least 4 members (excludes halogenated alkanes) is 4. The third-order valence-corrected chi connectivity index (χ3v) is 6.23. The van der Waals surface area contributed by atoms with Crippen LogP contribution in [0.1, 0.15) is 44.1 Å². The molecule has 23 heteroatoms. The zero-order valence-corrected chi connectivity index (χ0v) is 28.3. The smallest absolute Gasteiger partial charge is 0.490 e. The number of rotatable bonds is 16. The molecule has 1 rings (SSSR count). The van der Waals surface area contributed by atoms with Crippen molar-refractivity contribution in [3.63, 3.8) is 0 Å². The Morgan fingerprint density at radius 1 is 0.771 bits per heavy atom. The lowest BCUT2D eigenvalue weighted by Gasteiger charge is -2.13. The van der Waals surface area contributed by atoms with Gasteiger partial charge in [-0.15, -0.1) is 0 Å². The number of nitrogens with one attached hydrogen (secondary N) is 1. The van der Waals surface area contributed by atoms with E-state index in [-0.39, 0.29) is 24.1 Å². The highest BCUT2D eigenvalue weighted by molar-refractivity contribution is 9.11. The van der Waals surface area contributed by atoms with E-state index in [4.69, 9.17) is 47.5 Å². The van der Waals surface area contributed by atoms with E-state index in [9.17, 15) is 36.3 Å². The Hall–Kier alpha value is -4.02. The molecule has 1 aromatic rings. The van der Waals surface area contributed by atoms with Gasteiger partial charge in [0.2, 0.25) is 0 Å². The molecule has 274 valence electrons. The first-order chi connectivity index (χ1) is 22.1. The average Bonchev–Trinajstić information content (AvgIpc) is 2.95. The molecule has 1 amide bonds. The van der Waals surface area contributed by atoms with Crippen molar-refractivity contribution in [1.82, 2.24) is 5.32 Å². The molecule has 0 aromatic heterocycles. The summed E-state index contributed by atoms with van der Waals surface area (Å²) in [6.07, 6.45) is -4.83. The Morgan fingerprint density at radius 3 is 1.58 bits per heavy atom. The maximum atomic E-state index is 12.4. The van der Waals surface area contributed by atoms with Gasteiger partial charge in [-0.2, -0.15) is 26.3 Å². The van der Waals surface area contributed by atoms with Gasteiger partial charge in [-0.1, -0.05) is 18.0 Å². The summed E-state index contributed by atoms with van der Waals surface area (Å²) < 4.78 is 70.8. The summed E-state index contributed by atoms with van der Waals surface area (Å²) in [5.41, 5.74) is 22.0. The van der Waals surface area contributed by atoms with Crippen molar-refractivity contribution in [1.29, 1.82) is 0 Å². The summed E-state index contributed by atoms with van der Waals surface area (Å²) in [6.45, 7) is 2.14. The highest BCUT2D eigenvalue weighted by Gasteiger charge is 2.38. The largest absolute Gasteiger partial charge is 0.491 e. The van der Waals surface area contributed by atoms with E-state index in [1.54, 1.807) is 0 Å². The Labute approximate surface area is 287 Å². The number of hydrogen-bond donors (Lipinski definition) is 8. The Morgan fingerprint density at radius 2 is 1.19 bits per heavy atom. The molecule has 0 saturated heterocycles. The third-order valence-electron chi connectivity index (χ3n) is 5.06. The molecular weight excluding hydrogens is 798 g/mol. The molecule has 15 nitrogen and oxygen atoms in total. The van der Waals surface area contributed by atoms with Gasteiger partial charge in [-0.25, -0.2) is 9.59 Å². The number of benzene rings is 1. The third kappa shape index (κ3) is 24.2. The zero-order chi connectivity index (χ0) is 37.5. The number of ether oxygens (including phenoxy) is 1. The highest BCUT2D eigenvalue weighted by atomic mass is 79.9. The summed E-state index contributed by atoms with van der Waals surface area (Å²) in [7, 11) is 0. The van der Waals surface area contributed by atoms with Crippen LogP contribution in [0.3, 0.4) is 0 Å². The average molecular weight is 834 g/mol. The van der Waals surface area contributed by atoms with Crippen molar-refractivity contribution in [2.75, 3.05) is 26.2 Å². The number of alkyl halides is 6. The normalized spacial score (nSPS) is 11.1. The van der Waals surface area contributed by atoms with Crippen molar-refractivity contribution in [3.8, 4) is 5.75 Å². The minimum atomic E-state index is -5.08. The summed E-state index contributed by atoms with van der Waals surface area (Å²) >= 11 is 7.00. The standard InChI is InChI=1S/C21H34Br2N8O3.2C2HF3O2/c22-15-11-14(12-16(23)18(15)34-10-6-5-9-30-21(26)27)13-17(31-33)19(32)28-7-3-1-2-4-8-29-20(24)25;2*3-2(4,5)1(6)7/h11-12,33H,1-10,13H2,(H,28,32)(H4,24,25,29)(H4,26,27,30);2*(H,6,7)/b31-17+;;. The van der Waals surface area contributed by atoms with E-state index in [0.29, 0.717) is 32.0 Å². The van der Waals surface area contributed by atoms with Gasteiger partial charge in [0.15, 0.2) is 11.9 Å². The van der Waals surface area contributed by atoms with Crippen LogP contribution in [0.25, 0.3) is 0 Å². The molecule has 0 bridgehead atoms. The first-order valence-electron chi connectivity index (χ1n) is 13.4. The van der Waals surface area contributed by atoms with Crippen molar-refractivity contribution >= 4 is 67.3 Å². The number of carboxylic acids is 2. The molecule has 0 atom stereocenters. The number of nitrogens with two attached hydrogens (primary N) is 4. The van der Waals surface area contributed by atoms with Gasteiger partial charge in [0.1, 0.15) is 11.5 Å². The van der Waals surface area contributed by atoms with Gasteiger partial charge >= 0.3 is 24.3 Å². The second-order valence-electron chi connectivity index (χ2n) is 9.06. The molecule has 0 radical (unpaired) electrons. The monoisotopic (exact) mass is 832 g/mol. The number of carbonyl (C=O) groups excluding carboxylic acids is 1. The predicted molar refractivity (Wildman–Crippen MR) is 170 cm³/mol. The first-order valence-corrected chi connectivity index (χ1v) is 15.0. The van der Waals surface area contributed by atoms with Crippen molar-refractivity contribution in [2.24, 2.45) is 38.1 Å². The van der Waals surface area contributed by atoms with Gasteiger partial charge < -0.3 is 48.4 Å². The van der Waals surface area contributed by atoms with Crippen LogP contribution in [-0.4, -0.2) is 89.5 Å². The van der Waals surface area contributed by atoms with Crippen molar-refractivity contribution in [2.45, 2.75) is 57.3 Å². The SMILES string of the molecule is NC(N)=NCCCCCCNC(=O)/C(Cc1cc(Br)c(OCCCCN=C(N)N)c(Br)c1)=N/O.O=C(O)C(F)(F)F.O=C(O)C(F)(F)F. The summed E-state index contributed by atoms with van der Waals surface area (Å²) in [4.78, 5) is 38.0. The van der Waals surface area contributed by atoms with E-state index < -0.39 is 30.2 Å². The van der Waals surface area contributed by atoms with Crippen LogP contribution in [0.4, 0.5) is 26.3 Å². The number of guanidine groups is 2. The lowest BCUT2D eigenvalue weighted by atomic mass is 10.1. The van der Waals surface area contributed by atoms with Gasteiger partial charge in [0, 0.05) is 26.1 Å². The van der Waals surface area contributed by atoms with E-state index in [2.05, 4.69) is 52.3 Å². The molecule has 0 aliphatic heterocycles. The van der Waals surface area contributed by atoms with E-state index in [1.165, 1.54) is 0 Å². The second-order valence-corrected chi connectivity index (χ2v) is 10.8. The molecule has 0 aliphatic carbocycles. The maximum absolute atomic E-state index is 12.4. The fourth-order valence-corrected chi connectivity index (χ4v) is 4.42. The number of halogens is 8. The quantitative estimate of drug-likeness (QED) is 0.0299. The Balaban J connectivity index is 0. The Bertz CT molecular complexity index is 1210. The highest BCUT2D eigenvalue weighted by Crippen LogP contribution is 2.35. The number of nitrogens with zero attached hydrogens (tertiary/aromatic N) is 3. The molecule has 0 saturated carbocycles. The van der Waals surface area contributed by atoms with Crippen LogP contribution in [0.15, 0.2) is 36.2 Å². The fraction of sp³-hybridized carbons (Fsp3) is 0.520. The maximum Gasteiger partial charge on any atom is 0.490 e. The van der Waals surface area contributed by atoms with Crippen LogP contribution in [0.2, 0.25) is 0 Å². The molecule has 0 unspecified atom stereocenters.